The number of imide groups is 1. The van der Waals surface area contributed by atoms with Crippen LogP contribution in [0, 0.1) is 29.6 Å². The molecule has 2 saturated carbocycles. The Morgan fingerprint density at radius 3 is 2.32 bits per heavy atom. The number of halogens is 2. The molecule has 4 aromatic rings. The van der Waals surface area contributed by atoms with Crippen molar-refractivity contribution < 1.29 is 23.9 Å². The topological polar surface area (TPSA) is 118 Å². The van der Waals surface area contributed by atoms with Crippen molar-refractivity contribution >= 4 is 75.4 Å². The number of aromatic nitrogens is 1. The van der Waals surface area contributed by atoms with Gasteiger partial charge in [-0.15, -0.1) is 11.8 Å². The van der Waals surface area contributed by atoms with Gasteiger partial charge < -0.3 is 19.8 Å². The van der Waals surface area contributed by atoms with Crippen LogP contribution in [0.1, 0.15) is 22.8 Å². The molecule has 0 spiro atoms. The van der Waals surface area contributed by atoms with Gasteiger partial charge in [0.05, 0.1) is 29.7 Å². The molecule has 6 unspecified atom stereocenters. The smallest absolute Gasteiger partial charge is 0.305 e. The number of ether oxygens (including phenoxy) is 2. The zero-order valence-corrected chi connectivity index (χ0v) is 27.9. The molecule has 2 bridgehead atoms. The number of nitrogens with zero attached hydrogens (tertiary/aromatic N) is 1. The predicted molar refractivity (Wildman–Crippen MR) is 181 cm³/mol. The highest BCUT2D eigenvalue weighted by atomic mass is 35.5. The Morgan fingerprint density at radius 2 is 1.62 bits per heavy atom. The second-order valence-electron chi connectivity index (χ2n) is 12.2. The van der Waals surface area contributed by atoms with E-state index in [-0.39, 0.29) is 58.1 Å². The summed E-state index contributed by atoms with van der Waals surface area (Å²) in [5, 5.41) is 4.74. The van der Waals surface area contributed by atoms with Crippen LogP contribution in [-0.2, 0) is 14.4 Å². The van der Waals surface area contributed by atoms with Crippen LogP contribution in [0.4, 0.5) is 11.4 Å². The zero-order chi connectivity index (χ0) is 32.6. The van der Waals surface area contributed by atoms with E-state index in [9.17, 15) is 19.2 Å². The third-order valence-electron chi connectivity index (χ3n) is 9.84. The molecule has 3 heterocycles. The lowest BCUT2D eigenvalue weighted by Gasteiger charge is -2.43. The van der Waals surface area contributed by atoms with Gasteiger partial charge in [-0.2, -0.15) is 0 Å². The van der Waals surface area contributed by atoms with Crippen molar-refractivity contribution in [3.8, 4) is 11.5 Å². The zero-order valence-electron chi connectivity index (χ0n) is 24.8. The highest BCUT2D eigenvalue weighted by Crippen LogP contribution is 2.68. The van der Waals surface area contributed by atoms with Crippen LogP contribution < -0.4 is 24.6 Å². The second-order valence-corrected chi connectivity index (χ2v) is 15.3. The van der Waals surface area contributed by atoms with Crippen molar-refractivity contribution in [1.82, 2.24) is 4.98 Å². The number of H-pyrrole nitrogens is 1. The van der Waals surface area contributed by atoms with Crippen molar-refractivity contribution in [1.29, 1.82) is 0 Å². The SMILES string of the molecule is COc1cc([C@H]2c3sc(=O)[nH]c3SC3C4CC(C5C(=O)N(c6ccc(Cl)cc6)C(=O)C45)C32)ccc1OCC(=O)Nc1ccc(Cl)cc1. The lowest BCUT2D eigenvalue weighted by molar-refractivity contribution is -0.123. The number of nitrogens with one attached hydrogen (secondary N) is 2. The van der Waals surface area contributed by atoms with Crippen molar-refractivity contribution in [3.63, 3.8) is 0 Å². The standard InChI is InChI=1S/C34H27Cl2N3O6S2/c1-44-23-12-15(2-11-22(23)45-14-24(40)37-18-7-3-16(35)4-8-18)25-26-20-13-21(29(26)46-31-30(25)47-34(43)38-31)28-27(20)32(41)39(33(28)42)19-9-5-17(36)6-10-19/h2-12,20-21,25-29H,13-14H2,1H3,(H,37,40)(H,38,43)/t20?,21?,25-,26?,27?,28?,29?/m1/s1. The van der Waals surface area contributed by atoms with Gasteiger partial charge in [-0.3, -0.25) is 24.1 Å². The van der Waals surface area contributed by atoms with Crippen LogP contribution in [0.25, 0.3) is 0 Å². The van der Waals surface area contributed by atoms with E-state index < -0.39 is 11.8 Å². The van der Waals surface area contributed by atoms with Gasteiger partial charge in [-0.05, 0) is 90.4 Å². The Hall–Kier alpha value is -3.77. The molecule has 1 aromatic heterocycles. The maximum atomic E-state index is 14.0. The minimum Gasteiger partial charge on any atom is -0.493 e. The van der Waals surface area contributed by atoms with Crippen LogP contribution >= 0.6 is 46.3 Å². The number of thioether (sulfide) groups is 1. The van der Waals surface area contributed by atoms with Gasteiger partial charge in [0.15, 0.2) is 18.1 Å². The van der Waals surface area contributed by atoms with Gasteiger partial charge in [0, 0.05) is 31.8 Å². The molecule has 3 fully saturated rings. The highest BCUT2D eigenvalue weighted by molar-refractivity contribution is 8.00. The van der Waals surface area contributed by atoms with E-state index in [4.69, 9.17) is 32.7 Å². The largest absolute Gasteiger partial charge is 0.493 e. The van der Waals surface area contributed by atoms with Crippen molar-refractivity contribution in [3.05, 3.63) is 96.9 Å². The van der Waals surface area contributed by atoms with Crippen LogP contribution in [-0.4, -0.2) is 41.7 Å². The molecule has 9 nitrogen and oxygen atoms in total. The number of amides is 3. The van der Waals surface area contributed by atoms with Crippen LogP contribution in [0.15, 0.2) is 76.6 Å². The fourth-order valence-electron chi connectivity index (χ4n) is 8.11. The normalized spacial score (nSPS) is 27.0. The maximum absolute atomic E-state index is 14.0. The summed E-state index contributed by atoms with van der Waals surface area (Å²) >= 11 is 14.8. The van der Waals surface area contributed by atoms with Gasteiger partial charge in [0.2, 0.25) is 11.8 Å². The van der Waals surface area contributed by atoms with Crippen molar-refractivity contribution in [2.45, 2.75) is 22.6 Å². The highest BCUT2D eigenvalue weighted by Gasteiger charge is 2.69. The molecule has 2 aliphatic carbocycles. The fraction of sp³-hybridized carbons (Fsp3) is 0.294. The molecule has 3 amide bonds. The molecule has 8 rings (SSSR count). The molecule has 240 valence electrons. The number of benzene rings is 3. The fourth-order valence-corrected chi connectivity index (χ4v) is 11.2. The van der Waals surface area contributed by atoms with Crippen LogP contribution in [0.5, 0.6) is 11.5 Å². The first-order chi connectivity index (χ1) is 22.7. The lowest BCUT2D eigenvalue weighted by atomic mass is 9.68. The van der Waals surface area contributed by atoms with E-state index in [1.54, 1.807) is 66.4 Å². The number of carbonyl (C=O) groups is 3. The Kier molecular flexibility index (Phi) is 7.63. The van der Waals surface area contributed by atoms with E-state index in [0.29, 0.717) is 32.9 Å². The maximum Gasteiger partial charge on any atom is 0.305 e. The van der Waals surface area contributed by atoms with E-state index in [1.807, 2.05) is 12.1 Å². The van der Waals surface area contributed by atoms with Gasteiger partial charge in [-0.1, -0.05) is 40.6 Å². The Morgan fingerprint density at radius 1 is 0.936 bits per heavy atom. The molecule has 4 aliphatic rings. The van der Waals surface area contributed by atoms with E-state index in [0.717, 1.165) is 21.9 Å². The number of hydrogen-bond acceptors (Lipinski definition) is 8. The number of anilines is 2. The Balaban J connectivity index is 1.09. The summed E-state index contributed by atoms with van der Waals surface area (Å²) in [5.41, 5.74) is 2.06. The molecule has 2 aliphatic heterocycles. The van der Waals surface area contributed by atoms with Crippen LogP contribution in [0.3, 0.4) is 0 Å². The third-order valence-corrected chi connectivity index (χ3v) is 12.9. The monoisotopic (exact) mass is 707 g/mol. The van der Waals surface area contributed by atoms with Gasteiger partial charge in [0.1, 0.15) is 0 Å². The lowest BCUT2D eigenvalue weighted by Crippen LogP contribution is -2.42. The summed E-state index contributed by atoms with van der Waals surface area (Å²) in [7, 11) is 1.54. The molecule has 13 heteroatoms. The average Bonchev–Trinajstić information content (AvgIpc) is 3.80. The minimum atomic E-state index is -0.423. The molecule has 0 radical (unpaired) electrons. The third kappa shape index (κ3) is 5.06. The summed E-state index contributed by atoms with van der Waals surface area (Å²) in [6.45, 7) is -0.236. The summed E-state index contributed by atoms with van der Waals surface area (Å²) in [6.07, 6.45) is 0.778. The number of aromatic amines is 1. The molecule has 1 saturated heterocycles. The second kappa shape index (κ2) is 11.7. The number of thiazole rings is 1. The number of methoxy groups -OCH3 is 1. The molecule has 7 atom stereocenters. The number of rotatable bonds is 7. The molecule has 3 aromatic carbocycles. The summed E-state index contributed by atoms with van der Waals surface area (Å²) in [6, 6.07) is 19.2. The number of fused-ring (bicyclic) bond motifs is 9. The summed E-state index contributed by atoms with van der Waals surface area (Å²) in [5.74, 6) is -0.843. The first-order valence-corrected chi connectivity index (χ1v) is 17.6. The van der Waals surface area contributed by atoms with Crippen molar-refractivity contribution in [2.24, 2.45) is 29.6 Å². The molecule has 47 heavy (non-hydrogen) atoms. The average molecular weight is 709 g/mol. The number of carbonyl (C=O) groups excluding carboxylic acids is 3. The quantitative estimate of drug-likeness (QED) is 0.212. The van der Waals surface area contributed by atoms with Crippen LogP contribution in [0.2, 0.25) is 10.0 Å². The first kappa shape index (κ1) is 30.6. The summed E-state index contributed by atoms with van der Waals surface area (Å²) < 4.78 is 11.6. The molecule has 2 N–H and O–H groups in total. The van der Waals surface area contributed by atoms with Gasteiger partial charge in [0.25, 0.3) is 5.91 Å². The minimum absolute atomic E-state index is 0.00328. The molecular weight excluding hydrogens is 681 g/mol. The first-order valence-electron chi connectivity index (χ1n) is 15.1. The predicted octanol–water partition coefficient (Wildman–Crippen LogP) is 6.45. The van der Waals surface area contributed by atoms with E-state index in [1.165, 1.54) is 23.3 Å². The summed E-state index contributed by atoms with van der Waals surface area (Å²) in [4.78, 5) is 58.2. The van der Waals surface area contributed by atoms with Gasteiger partial charge in [-0.25, -0.2) is 0 Å². The Labute approximate surface area is 287 Å². The van der Waals surface area contributed by atoms with E-state index >= 15 is 0 Å². The van der Waals surface area contributed by atoms with Gasteiger partial charge >= 0.3 is 4.87 Å². The number of hydrogen-bond donors (Lipinski definition) is 2. The van der Waals surface area contributed by atoms with E-state index in [2.05, 4.69) is 10.3 Å². The molecular formula is C34H27Cl2N3O6S2. The Bertz CT molecular complexity index is 1980. The van der Waals surface area contributed by atoms with Crippen molar-refractivity contribution in [2.75, 3.05) is 23.9 Å².